The summed E-state index contributed by atoms with van der Waals surface area (Å²) in [6.45, 7) is 0.345. The van der Waals surface area contributed by atoms with E-state index < -0.39 is 17.3 Å². The van der Waals surface area contributed by atoms with E-state index in [0.717, 1.165) is 0 Å². The minimum Gasteiger partial charge on any atom is -0.480 e. The largest absolute Gasteiger partial charge is 0.480 e. The maximum absolute atomic E-state index is 11.2. The van der Waals surface area contributed by atoms with Gasteiger partial charge in [-0.3, -0.25) is 10.1 Å². The Morgan fingerprint density at radius 2 is 2.25 bits per heavy atom. The van der Waals surface area contributed by atoms with Crippen LogP contribution < -0.4 is 11.1 Å². The average Bonchev–Trinajstić information content (AvgIpc) is 2.52. The molecule has 0 radical (unpaired) electrons. The summed E-state index contributed by atoms with van der Waals surface area (Å²) in [7, 11) is 0. The number of aliphatic carboxylic acids is 1. The summed E-state index contributed by atoms with van der Waals surface area (Å²) in [5.74, 6) is -1.55. The molecule has 1 heterocycles. The molecule has 0 spiro atoms. The molecule has 1 atom stereocenters. The smallest absolute Gasteiger partial charge is 0.331 e. The third kappa shape index (κ3) is 1.21. The van der Waals surface area contributed by atoms with Crippen LogP contribution >= 0.6 is 0 Å². The Morgan fingerprint density at radius 3 is 2.58 bits per heavy atom. The quantitative estimate of drug-likeness (QED) is 0.461. The van der Waals surface area contributed by atoms with Crippen LogP contribution in [-0.4, -0.2) is 35.5 Å². The van der Waals surface area contributed by atoms with Crippen molar-refractivity contribution in [3.8, 4) is 0 Å². The lowest BCUT2D eigenvalue weighted by atomic mass is 9.92. The van der Waals surface area contributed by atoms with E-state index in [-0.39, 0.29) is 6.54 Å². The zero-order valence-corrected chi connectivity index (χ0v) is 6.67. The van der Waals surface area contributed by atoms with Gasteiger partial charge in [-0.05, 0) is 19.4 Å². The lowest BCUT2D eigenvalue weighted by Crippen LogP contribution is -2.56. The molecule has 1 aliphatic rings. The minimum absolute atomic E-state index is 0.223. The van der Waals surface area contributed by atoms with Crippen LogP contribution in [0.2, 0.25) is 0 Å². The lowest BCUT2D eigenvalue weighted by Gasteiger charge is -2.21. The first-order valence-electron chi connectivity index (χ1n) is 3.85. The first-order chi connectivity index (χ1) is 5.63. The molecule has 0 amide bonds. The van der Waals surface area contributed by atoms with Crippen molar-refractivity contribution in [2.75, 3.05) is 13.1 Å². The van der Waals surface area contributed by atoms with Gasteiger partial charge >= 0.3 is 5.97 Å². The molecule has 1 rings (SSSR count). The van der Waals surface area contributed by atoms with Crippen molar-refractivity contribution in [2.24, 2.45) is 5.73 Å². The molecule has 0 aromatic carbocycles. The predicted molar refractivity (Wildman–Crippen MR) is 41.7 cm³/mol. The van der Waals surface area contributed by atoms with Gasteiger partial charge in [-0.15, -0.1) is 0 Å². The highest BCUT2D eigenvalue weighted by Gasteiger charge is 2.46. The highest BCUT2D eigenvalue weighted by Crippen LogP contribution is 2.20. The Balaban J connectivity index is 2.86. The minimum atomic E-state index is -1.39. The average molecular weight is 172 g/mol. The first-order valence-corrected chi connectivity index (χ1v) is 3.85. The second-order valence-corrected chi connectivity index (χ2v) is 2.87. The van der Waals surface area contributed by atoms with Crippen LogP contribution in [0.3, 0.4) is 0 Å². The molecule has 1 fully saturated rings. The van der Waals surface area contributed by atoms with E-state index in [2.05, 4.69) is 5.32 Å². The van der Waals surface area contributed by atoms with Gasteiger partial charge in [-0.2, -0.15) is 0 Å². The topological polar surface area (TPSA) is 92.4 Å². The fourth-order valence-corrected chi connectivity index (χ4v) is 1.46. The SMILES string of the molecule is NCC(=O)[C@@]1(C(=O)O)CCCN1. The van der Waals surface area contributed by atoms with Crippen LogP contribution in [0.4, 0.5) is 0 Å². The second kappa shape index (κ2) is 3.20. The van der Waals surface area contributed by atoms with Crippen LogP contribution in [0.15, 0.2) is 0 Å². The normalized spacial score (nSPS) is 28.8. The Morgan fingerprint density at radius 1 is 1.58 bits per heavy atom. The van der Waals surface area contributed by atoms with E-state index in [4.69, 9.17) is 10.8 Å². The molecule has 0 bridgehead atoms. The number of carbonyl (C=O) groups excluding carboxylic acids is 1. The van der Waals surface area contributed by atoms with Crippen LogP contribution in [0, 0.1) is 0 Å². The lowest BCUT2D eigenvalue weighted by molar-refractivity contribution is -0.148. The number of rotatable bonds is 3. The van der Waals surface area contributed by atoms with Crippen LogP contribution in [0.1, 0.15) is 12.8 Å². The van der Waals surface area contributed by atoms with Gasteiger partial charge in [-0.25, -0.2) is 4.79 Å². The van der Waals surface area contributed by atoms with E-state index >= 15 is 0 Å². The number of hydrogen-bond donors (Lipinski definition) is 3. The monoisotopic (exact) mass is 172 g/mol. The number of ketones is 1. The maximum atomic E-state index is 11.2. The van der Waals surface area contributed by atoms with Crippen molar-refractivity contribution in [1.82, 2.24) is 5.32 Å². The van der Waals surface area contributed by atoms with Gasteiger partial charge in [0.25, 0.3) is 0 Å². The Labute approximate surface area is 69.9 Å². The van der Waals surface area contributed by atoms with Crippen molar-refractivity contribution in [2.45, 2.75) is 18.4 Å². The third-order valence-corrected chi connectivity index (χ3v) is 2.18. The summed E-state index contributed by atoms with van der Waals surface area (Å²) < 4.78 is 0. The molecule has 0 aromatic rings. The Kier molecular flexibility index (Phi) is 2.44. The van der Waals surface area contributed by atoms with Gasteiger partial charge in [0.1, 0.15) is 0 Å². The molecule has 1 aliphatic heterocycles. The van der Waals surface area contributed by atoms with Crippen molar-refractivity contribution in [3.05, 3.63) is 0 Å². The van der Waals surface area contributed by atoms with Gasteiger partial charge in [0, 0.05) is 0 Å². The molecule has 5 heteroatoms. The number of Topliss-reactive ketones (excluding diaryl/α,β-unsaturated/α-hetero) is 1. The number of hydrogen-bond acceptors (Lipinski definition) is 4. The zero-order valence-electron chi connectivity index (χ0n) is 6.67. The van der Waals surface area contributed by atoms with Gasteiger partial charge in [0.15, 0.2) is 11.3 Å². The molecular formula is C7H12N2O3. The summed E-state index contributed by atoms with van der Waals surface area (Å²) in [5.41, 5.74) is 3.73. The van der Waals surface area contributed by atoms with E-state index in [0.29, 0.717) is 19.4 Å². The molecule has 68 valence electrons. The molecule has 0 aromatic heterocycles. The summed E-state index contributed by atoms with van der Waals surface area (Å²) in [4.78, 5) is 22.0. The predicted octanol–water partition coefficient (Wildman–Crippen LogP) is -1.28. The van der Waals surface area contributed by atoms with Gasteiger partial charge in [0.05, 0.1) is 6.54 Å². The van der Waals surface area contributed by atoms with Crippen LogP contribution in [-0.2, 0) is 9.59 Å². The third-order valence-electron chi connectivity index (χ3n) is 2.18. The van der Waals surface area contributed by atoms with E-state index in [9.17, 15) is 9.59 Å². The first kappa shape index (κ1) is 9.15. The molecular weight excluding hydrogens is 160 g/mol. The van der Waals surface area contributed by atoms with Gasteiger partial charge in [-0.1, -0.05) is 0 Å². The number of carbonyl (C=O) groups is 2. The molecule has 0 saturated carbocycles. The van der Waals surface area contributed by atoms with Crippen molar-refractivity contribution in [3.63, 3.8) is 0 Å². The molecule has 5 nitrogen and oxygen atoms in total. The zero-order chi connectivity index (χ0) is 9.19. The maximum Gasteiger partial charge on any atom is 0.331 e. The molecule has 4 N–H and O–H groups in total. The van der Waals surface area contributed by atoms with Crippen molar-refractivity contribution >= 4 is 11.8 Å². The Hall–Kier alpha value is -0.940. The Bertz CT molecular complexity index is 209. The fraction of sp³-hybridized carbons (Fsp3) is 0.714. The number of carboxylic acid groups (broad SMARTS) is 1. The van der Waals surface area contributed by atoms with Gasteiger partial charge < -0.3 is 10.8 Å². The summed E-state index contributed by atoms with van der Waals surface area (Å²) >= 11 is 0. The summed E-state index contributed by atoms with van der Waals surface area (Å²) in [6.07, 6.45) is 1.05. The van der Waals surface area contributed by atoms with Crippen LogP contribution in [0.5, 0.6) is 0 Å². The van der Waals surface area contributed by atoms with E-state index in [1.54, 1.807) is 0 Å². The van der Waals surface area contributed by atoms with Crippen molar-refractivity contribution in [1.29, 1.82) is 0 Å². The van der Waals surface area contributed by atoms with Crippen molar-refractivity contribution < 1.29 is 14.7 Å². The summed E-state index contributed by atoms with van der Waals surface area (Å²) in [5, 5.41) is 11.5. The second-order valence-electron chi connectivity index (χ2n) is 2.87. The number of nitrogens with two attached hydrogens (primary N) is 1. The van der Waals surface area contributed by atoms with Gasteiger partial charge in [0.2, 0.25) is 0 Å². The molecule has 12 heavy (non-hydrogen) atoms. The standard InChI is InChI=1S/C7H12N2O3/c8-4-5(10)7(6(11)12)2-1-3-9-7/h9H,1-4,8H2,(H,11,12)/t7-/m1/s1. The highest BCUT2D eigenvalue weighted by atomic mass is 16.4. The van der Waals surface area contributed by atoms with E-state index in [1.807, 2.05) is 0 Å². The summed E-state index contributed by atoms with van der Waals surface area (Å²) in [6, 6.07) is 0. The van der Waals surface area contributed by atoms with Crippen LogP contribution in [0.25, 0.3) is 0 Å². The number of carboxylic acids is 1. The molecule has 0 aliphatic carbocycles. The highest BCUT2D eigenvalue weighted by molar-refractivity contribution is 6.08. The fourth-order valence-electron chi connectivity index (χ4n) is 1.46. The van der Waals surface area contributed by atoms with E-state index in [1.165, 1.54) is 0 Å². The number of nitrogens with one attached hydrogen (secondary N) is 1. The molecule has 0 unspecified atom stereocenters. The molecule has 1 saturated heterocycles.